The fraction of sp³-hybridized carbons (Fsp3) is 0.400. The number of carbonyl (C=O) groups excluding carboxylic acids is 1. The molecule has 5 rings (SSSR count). The zero-order valence-corrected chi connectivity index (χ0v) is 14.2. The van der Waals surface area contributed by atoms with E-state index in [0.717, 1.165) is 24.6 Å². The van der Waals surface area contributed by atoms with Crippen molar-refractivity contribution in [1.82, 2.24) is 9.88 Å². The molecule has 134 valence electrons. The number of hydrogen-bond donors (Lipinski definition) is 0. The Bertz CT molecular complexity index is 838. The van der Waals surface area contributed by atoms with E-state index in [1.54, 1.807) is 0 Å². The first-order valence-electron chi connectivity index (χ1n) is 8.98. The molecule has 2 saturated heterocycles. The van der Waals surface area contributed by atoms with Crippen molar-refractivity contribution in [2.75, 3.05) is 0 Å². The van der Waals surface area contributed by atoms with Gasteiger partial charge in [-0.05, 0) is 18.4 Å². The fourth-order valence-electron chi connectivity index (χ4n) is 4.38. The third-order valence-corrected chi connectivity index (χ3v) is 5.65. The molecule has 3 aliphatic rings. The lowest BCUT2D eigenvalue weighted by atomic mass is 9.76. The largest absolute Gasteiger partial charge is 0.487 e. The van der Waals surface area contributed by atoms with E-state index in [2.05, 4.69) is 17.1 Å². The molecule has 3 heterocycles. The Kier molecular flexibility index (Phi) is 3.50. The van der Waals surface area contributed by atoms with Gasteiger partial charge in [-0.1, -0.05) is 30.3 Å². The van der Waals surface area contributed by atoms with Gasteiger partial charge in [-0.15, -0.1) is 0 Å². The molecule has 6 heteroatoms. The maximum atomic E-state index is 13.7. The van der Waals surface area contributed by atoms with Crippen molar-refractivity contribution in [2.24, 2.45) is 0 Å². The Morgan fingerprint density at radius 1 is 1.19 bits per heavy atom. The Morgan fingerprint density at radius 3 is 2.77 bits per heavy atom. The lowest BCUT2D eigenvalue weighted by Crippen LogP contribution is -2.56. The molecule has 1 amide bonds. The van der Waals surface area contributed by atoms with E-state index in [9.17, 15) is 9.18 Å². The number of fused-ring (bicyclic) bond motifs is 1. The molecular weight excluding hydrogens is 335 g/mol. The monoisotopic (exact) mass is 354 g/mol. The molecule has 1 saturated carbocycles. The minimum atomic E-state index is -0.799. The molecule has 0 bridgehead atoms. The van der Waals surface area contributed by atoms with Gasteiger partial charge in [0.15, 0.2) is 17.2 Å². The Hall–Kier alpha value is -2.47. The summed E-state index contributed by atoms with van der Waals surface area (Å²) >= 11 is 0. The maximum absolute atomic E-state index is 13.7. The van der Waals surface area contributed by atoms with Crippen LogP contribution < -0.4 is 4.74 Å². The molecule has 0 N–H and O–H groups in total. The molecule has 2 aromatic rings. The summed E-state index contributed by atoms with van der Waals surface area (Å²) in [7, 11) is 0. The third-order valence-electron chi connectivity index (χ3n) is 5.65. The number of amides is 1. The fourth-order valence-corrected chi connectivity index (χ4v) is 4.38. The van der Waals surface area contributed by atoms with Crippen LogP contribution in [0.5, 0.6) is 5.75 Å². The van der Waals surface area contributed by atoms with Crippen LogP contribution >= 0.6 is 0 Å². The highest BCUT2D eigenvalue weighted by atomic mass is 19.1. The van der Waals surface area contributed by atoms with Crippen LogP contribution in [0.2, 0.25) is 0 Å². The summed E-state index contributed by atoms with van der Waals surface area (Å²) in [5.74, 6) is -0.270. The zero-order chi connectivity index (χ0) is 17.7. The van der Waals surface area contributed by atoms with Gasteiger partial charge in [-0.2, -0.15) is 0 Å². The van der Waals surface area contributed by atoms with Crippen LogP contribution in [0.4, 0.5) is 4.39 Å². The molecule has 0 unspecified atom stereocenters. The van der Waals surface area contributed by atoms with E-state index < -0.39 is 11.4 Å². The Labute approximate surface area is 150 Å². The third kappa shape index (κ3) is 2.32. The molecule has 3 fully saturated rings. The molecule has 5 nitrogen and oxygen atoms in total. The van der Waals surface area contributed by atoms with E-state index in [-0.39, 0.29) is 30.0 Å². The zero-order valence-electron chi connectivity index (χ0n) is 14.2. The number of pyridine rings is 1. The van der Waals surface area contributed by atoms with E-state index in [4.69, 9.17) is 9.47 Å². The summed E-state index contributed by atoms with van der Waals surface area (Å²) in [6.45, 7) is 0. The molecular formula is C20H19FN2O3. The van der Waals surface area contributed by atoms with Crippen LogP contribution in [0, 0.1) is 5.82 Å². The molecule has 1 aromatic heterocycles. The molecule has 26 heavy (non-hydrogen) atoms. The second-order valence-corrected chi connectivity index (χ2v) is 7.24. The number of nitrogens with zero attached hydrogens (tertiary/aromatic N) is 2. The average molecular weight is 354 g/mol. The van der Waals surface area contributed by atoms with Crippen molar-refractivity contribution in [3.05, 3.63) is 60.2 Å². The van der Waals surface area contributed by atoms with Crippen molar-refractivity contribution in [1.29, 1.82) is 0 Å². The molecule has 2 atom stereocenters. The summed E-state index contributed by atoms with van der Waals surface area (Å²) in [6.07, 6.45) is 4.92. The topological polar surface area (TPSA) is 51.7 Å². The number of halogens is 1. The van der Waals surface area contributed by atoms with Gasteiger partial charge in [0.2, 0.25) is 0 Å². The summed E-state index contributed by atoms with van der Waals surface area (Å²) in [5, 5.41) is 0. The summed E-state index contributed by atoms with van der Waals surface area (Å²) in [5.41, 5.74) is 0.349. The number of ether oxygens (including phenoxy) is 2. The van der Waals surface area contributed by atoms with E-state index in [1.807, 2.05) is 23.1 Å². The second-order valence-electron chi connectivity index (χ2n) is 7.24. The predicted octanol–water partition coefficient (Wildman–Crippen LogP) is 3.22. The van der Waals surface area contributed by atoms with Crippen molar-refractivity contribution < 1.29 is 18.7 Å². The maximum Gasteiger partial charge on any atom is 0.257 e. The molecule has 1 aliphatic carbocycles. The predicted molar refractivity (Wildman–Crippen MR) is 90.7 cm³/mol. The van der Waals surface area contributed by atoms with Crippen LogP contribution in [0.25, 0.3) is 0 Å². The standard InChI is InChI=1S/C20H19FN2O3/c21-15-12-22-9-8-17(15)25-14-10-20(11-14)19(24)23-16(6-7-18(23)26-20)13-4-2-1-3-5-13/h1-5,8-9,12,14,16,18H,6-7,10-11H2/t14?,16-,18+,20?/m0/s1. The number of rotatable bonds is 3. The highest BCUT2D eigenvalue weighted by molar-refractivity contribution is 5.89. The quantitative estimate of drug-likeness (QED) is 0.849. The smallest absolute Gasteiger partial charge is 0.257 e. The highest BCUT2D eigenvalue weighted by Crippen LogP contribution is 2.51. The van der Waals surface area contributed by atoms with Crippen molar-refractivity contribution in [3.8, 4) is 5.75 Å². The van der Waals surface area contributed by atoms with E-state index in [1.165, 1.54) is 12.3 Å². The normalized spacial score (nSPS) is 32.6. The summed E-state index contributed by atoms with van der Waals surface area (Å²) < 4.78 is 25.5. The summed E-state index contributed by atoms with van der Waals surface area (Å²) in [4.78, 5) is 18.7. The van der Waals surface area contributed by atoms with Gasteiger partial charge in [-0.25, -0.2) is 4.39 Å². The van der Waals surface area contributed by atoms with Crippen molar-refractivity contribution >= 4 is 5.91 Å². The van der Waals surface area contributed by atoms with Gasteiger partial charge in [0, 0.05) is 25.1 Å². The van der Waals surface area contributed by atoms with Crippen LogP contribution in [0.15, 0.2) is 48.8 Å². The van der Waals surface area contributed by atoms with Gasteiger partial charge < -0.3 is 14.4 Å². The minimum absolute atomic E-state index is 0.0453. The average Bonchev–Trinajstić information content (AvgIpc) is 3.16. The molecule has 1 spiro atoms. The molecule has 0 radical (unpaired) electrons. The first-order chi connectivity index (χ1) is 12.7. The van der Waals surface area contributed by atoms with Gasteiger partial charge >= 0.3 is 0 Å². The minimum Gasteiger partial charge on any atom is -0.487 e. The molecule has 2 aliphatic heterocycles. The number of benzene rings is 1. The van der Waals surface area contributed by atoms with Gasteiger partial charge in [-0.3, -0.25) is 9.78 Å². The number of hydrogen-bond acceptors (Lipinski definition) is 4. The summed E-state index contributed by atoms with van der Waals surface area (Å²) in [6, 6.07) is 11.7. The lowest BCUT2D eigenvalue weighted by molar-refractivity contribution is -0.162. The van der Waals surface area contributed by atoms with Crippen LogP contribution in [0.1, 0.15) is 37.3 Å². The van der Waals surface area contributed by atoms with Gasteiger partial charge in [0.05, 0.1) is 12.2 Å². The van der Waals surface area contributed by atoms with E-state index in [0.29, 0.717) is 12.8 Å². The van der Waals surface area contributed by atoms with E-state index >= 15 is 0 Å². The SMILES string of the molecule is O=C1N2[C@@H](CC[C@H]2c2ccccc2)OC12CC(Oc1ccncc1F)C2. The van der Waals surface area contributed by atoms with Crippen LogP contribution in [0.3, 0.4) is 0 Å². The molecule has 1 aromatic carbocycles. The van der Waals surface area contributed by atoms with Crippen molar-refractivity contribution in [2.45, 2.75) is 49.7 Å². The van der Waals surface area contributed by atoms with Crippen molar-refractivity contribution in [3.63, 3.8) is 0 Å². The first kappa shape index (κ1) is 15.8. The van der Waals surface area contributed by atoms with Gasteiger partial charge in [0.1, 0.15) is 12.3 Å². The Balaban J connectivity index is 1.30. The highest BCUT2D eigenvalue weighted by Gasteiger charge is 2.63. The lowest BCUT2D eigenvalue weighted by Gasteiger charge is -2.42. The number of aromatic nitrogens is 1. The van der Waals surface area contributed by atoms with Crippen LogP contribution in [-0.4, -0.2) is 33.7 Å². The number of carbonyl (C=O) groups is 1. The van der Waals surface area contributed by atoms with Crippen LogP contribution in [-0.2, 0) is 9.53 Å². The first-order valence-corrected chi connectivity index (χ1v) is 8.98. The Morgan fingerprint density at radius 2 is 2.00 bits per heavy atom. The second kappa shape index (κ2) is 5.77. The van der Waals surface area contributed by atoms with Gasteiger partial charge in [0.25, 0.3) is 5.91 Å².